The second-order valence-corrected chi connectivity index (χ2v) is 15.7. The number of halogens is 19. The predicted octanol–water partition coefficient (Wildman–Crippen LogP) is 0.700. The minimum Gasteiger partial charge on any atom is -0.743 e. The molecule has 0 radical (unpaired) electrons. The minimum absolute atomic E-state index is 0. The van der Waals surface area contributed by atoms with Gasteiger partial charge in [0, 0.05) is 20.8 Å². The maximum absolute atomic E-state index is 11.8. The van der Waals surface area contributed by atoms with Crippen LogP contribution in [0.15, 0.2) is 12.2 Å². The van der Waals surface area contributed by atoms with Gasteiger partial charge in [0.15, 0.2) is 20.2 Å². The first-order valence-corrected chi connectivity index (χ1v) is 19.2. The number of Topliss-reactive ketones (excluding diaryl/α,β-unsaturated/α-hetero) is 3. The number of hydrogen-bond acceptors (Lipinski definition) is 20. The summed E-state index contributed by atoms with van der Waals surface area (Å²) < 4.78 is 356. The van der Waals surface area contributed by atoms with E-state index in [0.717, 1.165) is 0 Å². The van der Waals surface area contributed by atoms with Gasteiger partial charge in [-0.3, -0.25) is 19.2 Å². The molecule has 0 spiro atoms. The first-order valence-electron chi connectivity index (χ1n) is 11.2. The maximum Gasteiger partial charge on any atom is 1.00 e. The molecule has 0 amide bonds. The predicted molar refractivity (Wildman–Crippen MR) is 159 cm³/mol. The molecule has 0 aromatic heterocycles. The molecule has 1 fully saturated rings. The Kier molecular flexibility index (Phi) is 38.6. The average molecular weight is 1130 g/mol. The summed E-state index contributed by atoms with van der Waals surface area (Å²) in [5.74, 6) is -5.97. The zero-order chi connectivity index (χ0) is 51.2. The molecule has 0 unspecified atom stereocenters. The number of carbonyl (C=O) groups is 4. The Hall–Kier alpha value is -2.66. The molecule has 64 heavy (non-hydrogen) atoms. The molecule has 20 nitrogen and oxygen atoms in total. The normalized spacial score (nSPS) is 14.5. The zero-order valence-electron chi connectivity index (χ0n) is 27.8. The van der Waals surface area contributed by atoms with Crippen molar-refractivity contribution in [2.45, 2.75) is 75.4 Å². The van der Waals surface area contributed by atoms with E-state index >= 15 is 0 Å². The molecule has 1 rings (SSSR count). The molecule has 0 saturated carbocycles. The van der Waals surface area contributed by atoms with Crippen LogP contribution in [0.5, 0.6) is 0 Å². The third-order valence-electron chi connectivity index (χ3n) is 3.71. The van der Waals surface area contributed by atoms with Crippen LogP contribution in [0, 0.1) is 0 Å². The first-order chi connectivity index (χ1) is 25.4. The average Bonchev–Trinajstić information content (AvgIpc) is 2.95. The van der Waals surface area contributed by atoms with E-state index in [1.165, 1.54) is 0 Å². The van der Waals surface area contributed by atoms with Gasteiger partial charge in [-0.2, -0.15) is 104 Å². The first kappa shape index (κ1) is 84.7. The van der Waals surface area contributed by atoms with Crippen LogP contribution in [0.4, 0.5) is 82.4 Å². The third-order valence-corrected chi connectivity index (χ3v) is 8.51. The number of alkyl halides is 12. The van der Waals surface area contributed by atoms with Crippen LogP contribution in [0.25, 0.3) is 0 Å². The summed E-state index contributed by atoms with van der Waals surface area (Å²) in [5.41, 5.74) is 0. The number of rotatable bonds is 8. The molecular weight excluding hydrogens is 1110 g/mol. The quantitative estimate of drug-likeness (QED) is 0.106. The van der Waals surface area contributed by atoms with Crippen molar-refractivity contribution in [3.63, 3.8) is 0 Å². The SMILES string of the molecule is C.C.C.CC(=O)C(F)(F)S(=O)(=O)F.CC(=O)C(F)(F)S(=O)(=O)[O-].CC(=O)C(F)(F)S(=O)(=O)[O-].FC(F)=C(F)F.O=C(F)C(F)(F)S(=O)(=O)F.O=S(=O)=O.O=S1(=O)OC(F)(F)C1(F)F.[Na+]. The molecule has 46 heteroatoms. The number of ketones is 3. The molecule has 1 saturated heterocycles. The number of hydrogen-bond donors (Lipinski definition) is 0. The molecule has 0 bridgehead atoms. The summed E-state index contributed by atoms with van der Waals surface area (Å²) in [6.45, 7) is 0.946. The largest absolute Gasteiger partial charge is 1.00 e. The van der Waals surface area contributed by atoms with Gasteiger partial charge in [0.2, 0.25) is 17.3 Å². The number of carbonyl (C=O) groups excluding carboxylic acids is 4. The van der Waals surface area contributed by atoms with E-state index in [2.05, 4.69) is 4.18 Å². The van der Waals surface area contributed by atoms with E-state index < -0.39 is 129 Å². The van der Waals surface area contributed by atoms with Gasteiger partial charge in [0.05, 0.1) is 0 Å². The minimum atomic E-state index is -6.46. The molecule has 0 aliphatic carbocycles. The van der Waals surface area contributed by atoms with Crippen LogP contribution >= 0.6 is 0 Å². The zero-order valence-corrected chi connectivity index (χ0v) is 34.7. The fourth-order valence-corrected chi connectivity index (χ4v) is 2.91. The molecule has 0 aromatic rings. The van der Waals surface area contributed by atoms with Crippen molar-refractivity contribution in [2.75, 3.05) is 0 Å². The van der Waals surface area contributed by atoms with Crippen LogP contribution in [-0.2, 0) is 84.8 Å². The van der Waals surface area contributed by atoms with Crippen LogP contribution in [0.2, 0.25) is 0 Å². The van der Waals surface area contributed by atoms with Gasteiger partial charge in [0.1, 0.15) is 0 Å². The Morgan fingerprint density at radius 1 is 0.531 bits per heavy atom. The van der Waals surface area contributed by atoms with Crippen molar-refractivity contribution in [2.24, 2.45) is 0 Å². The molecule has 0 N–H and O–H groups in total. The second kappa shape index (κ2) is 29.2. The monoisotopic (exact) mass is 1130 g/mol. The summed E-state index contributed by atoms with van der Waals surface area (Å²) in [6.07, 6.45) is -10.7. The van der Waals surface area contributed by atoms with Gasteiger partial charge in [-0.05, 0) is 0 Å². The second-order valence-electron chi connectivity index (χ2n) is 8.09. The molecule has 1 heterocycles. The summed E-state index contributed by atoms with van der Waals surface area (Å²) in [4.78, 5) is 38.4. The van der Waals surface area contributed by atoms with Crippen molar-refractivity contribution in [3.05, 3.63) is 12.2 Å². The standard InChI is InChI=1S/C3H3F3O3S.2C3H4F2O4S.2C2F4O3S.C2F4.3CH4.Na.O3S/c1-2(7)3(4,5)10(6,8)9;2*1-2(6)3(4,5)10(7,8)9;3-1(4)2(5,6)10(7,8)9-1;3-1(7)2(4,5)10(6,8)9;3-1(4)2(5)6;;;;;1-4(2)3/h1H3;2*1H3,(H,7,8,9);;;;3*1H4;;/q;;;;;;;;;+1;/p-2. The Bertz CT molecular complexity index is 2040. The summed E-state index contributed by atoms with van der Waals surface area (Å²) >= 11 is 0. The smallest absolute Gasteiger partial charge is 0.743 e. The van der Waals surface area contributed by atoms with Crippen LogP contribution in [-0.4, -0.2) is 120 Å². The van der Waals surface area contributed by atoms with E-state index in [-0.39, 0.29) is 58.8 Å². The molecule has 0 atom stereocenters. The maximum atomic E-state index is 11.8. The van der Waals surface area contributed by atoms with Gasteiger partial charge < -0.3 is 9.11 Å². The fraction of sp³-hybridized carbons (Fsp3) is 0.667. The third kappa shape index (κ3) is 27.7. The molecule has 0 aromatic carbocycles. The van der Waals surface area contributed by atoms with Gasteiger partial charge in [0.25, 0.3) is 0 Å². The van der Waals surface area contributed by atoms with Crippen molar-refractivity contribution in [1.29, 1.82) is 0 Å². The van der Waals surface area contributed by atoms with Crippen molar-refractivity contribution in [3.8, 4) is 0 Å². The Morgan fingerprint density at radius 2 is 0.719 bits per heavy atom. The van der Waals surface area contributed by atoms with Crippen molar-refractivity contribution >= 4 is 84.8 Å². The van der Waals surface area contributed by atoms with Crippen molar-refractivity contribution < 1.29 is 199 Å². The van der Waals surface area contributed by atoms with Crippen LogP contribution in [0.1, 0.15) is 43.1 Å². The van der Waals surface area contributed by atoms with E-state index in [4.69, 9.17) is 17.4 Å². The Morgan fingerprint density at radius 3 is 0.719 bits per heavy atom. The molecule has 1 aliphatic heterocycles. The van der Waals surface area contributed by atoms with E-state index in [0.29, 0.717) is 13.8 Å². The van der Waals surface area contributed by atoms with E-state index in [9.17, 15) is 148 Å². The molecule has 1 aliphatic rings. The summed E-state index contributed by atoms with van der Waals surface area (Å²) in [6, 6.07) is -3.53. The van der Waals surface area contributed by atoms with Gasteiger partial charge in [-0.25, -0.2) is 16.8 Å². The fourth-order valence-electron chi connectivity index (χ4n) is 0.970. The topological polar surface area (TPSA) is 346 Å². The molecular formula is C18H21F19NaO20S6-. The van der Waals surface area contributed by atoms with Gasteiger partial charge in [-0.15, -0.1) is 12.6 Å². The van der Waals surface area contributed by atoms with Crippen LogP contribution < -0.4 is 29.6 Å². The Labute approximate surface area is 369 Å². The summed E-state index contributed by atoms with van der Waals surface area (Å²) in [5, 5.41) is -25.1. The van der Waals surface area contributed by atoms with E-state index in [1.807, 2.05) is 0 Å². The van der Waals surface area contributed by atoms with Crippen molar-refractivity contribution in [1.82, 2.24) is 0 Å². The van der Waals surface area contributed by atoms with Crippen LogP contribution in [0.3, 0.4) is 0 Å². The molecule has 384 valence electrons. The van der Waals surface area contributed by atoms with Gasteiger partial charge >= 0.3 is 121 Å². The summed E-state index contributed by atoms with van der Waals surface area (Å²) in [7, 11) is -32.7. The van der Waals surface area contributed by atoms with E-state index in [1.54, 1.807) is 0 Å². The Balaban J connectivity index is -0.0000000667. The van der Waals surface area contributed by atoms with Gasteiger partial charge in [-0.1, -0.05) is 30.1 Å².